The molecule has 0 radical (unpaired) electrons. The Morgan fingerprint density at radius 1 is 1.16 bits per heavy atom. The SMILES string of the molecule is COc1ccc2c(c1)CC[C@H](CN1CCC3(CC1)C(=O)NCN3c1ccccc1)[C@@H]2O.Cl. The molecule has 1 amide bonds. The Hall–Kier alpha value is -2.28. The summed E-state index contributed by atoms with van der Waals surface area (Å²) in [6.07, 6.45) is 3.12. The Kier molecular flexibility index (Phi) is 6.65. The van der Waals surface area contributed by atoms with Gasteiger partial charge in [-0.25, -0.2) is 0 Å². The number of likely N-dealkylation sites (tertiary alicyclic amines) is 1. The number of methoxy groups -OCH3 is 1. The molecule has 2 saturated heterocycles. The smallest absolute Gasteiger partial charge is 0.247 e. The number of hydrogen-bond acceptors (Lipinski definition) is 5. The van der Waals surface area contributed by atoms with E-state index in [1.54, 1.807) is 7.11 Å². The van der Waals surface area contributed by atoms with Crippen molar-refractivity contribution in [3.8, 4) is 5.75 Å². The molecule has 0 bridgehead atoms. The van der Waals surface area contributed by atoms with Gasteiger partial charge in [0.1, 0.15) is 11.3 Å². The van der Waals surface area contributed by atoms with Crippen molar-refractivity contribution in [1.29, 1.82) is 0 Å². The zero-order valence-electron chi connectivity index (χ0n) is 18.5. The number of nitrogens with one attached hydrogen (secondary N) is 1. The minimum atomic E-state index is -0.452. The monoisotopic (exact) mass is 457 g/mol. The number of halogens is 1. The number of aliphatic hydroxyl groups is 1. The van der Waals surface area contributed by atoms with Gasteiger partial charge >= 0.3 is 0 Å². The summed E-state index contributed by atoms with van der Waals surface area (Å²) < 4.78 is 5.33. The quantitative estimate of drug-likeness (QED) is 0.738. The van der Waals surface area contributed by atoms with Crippen LogP contribution in [0.3, 0.4) is 0 Å². The molecule has 0 saturated carbocycles. The molecular formula is C25H32ClN3O3. The van der Waals surface area contributed by atoms with Crippen molar-refractivity contribution < 1.29 is 14.6 Å². The van der Waals surface area contributed by atoms with Crippen LogP contribution in [0.15, 0.2) is 48.5 Å². The van der Waals surface area contributed by atoms with Crippen molar-refractivity contribution >= 4 is 24.0 Å². The van der Waals surface area contributed by atoms with E-state index in [4.69, 9.17) is 4.74 Å². The fraction of sp³-hybridized carbons (Fsp3) is 0.480. The summed E-state index contributed by atoms with van der Waals surface area (Å²) in [5, 5.41) is 14.1. The topological polar surface area (TPSA) is 65.0 Å². The summed E-state index contributed by atoms with van der Waals surface area (Å²) in [7, 11) is 1.68. The molecular weight excluding hydrogens is 426 g/mol. The molecule has 2 heterocycles. The maximum Gasteiger partial charge on any atom is 0.247 e. The third-order valence-electron chi connectivity index (χ3n) is 7.48. The molecule has 2 aromatic carbocycles. The molecule has 2 fully saturated rings. The van der Waals surface area contributed by atoms with Crippen molar-refractivity contribution in [2.45, 2.75) is 37.3 Å². The van der Waals surface area contributed by atoms with E-state index in [0.29, 0.717) is 6.67 Å². The summed E-state index contributed by atoms with van der Waals surface area (Å²) in [4.78, 5) is 17.5. The van der Waals surface area contributed by atoms with E-state index in [1.807, 2.05) is 30.3 Å². The van der Waals surface area contributed by atoms with Gasteiger partial charge in [-0.2, -0.15) is 0 Å². The molecule has 0 unspecified atom stereocenters. The Balaban J connectivity index is 0.00000245. The Morgan fingerprint density at radius 2 is 1.91 bits per heavy atom. The average molecular weight is 458 g/mol. The normalized spacial score (nSPS) is 24.6. The molecule has 1 spiro atoms. The molecule has 32 heavy (non-hydrogen) atoms. The van der Waals surface area contributed by atoms with Crippen LogP contribution in [0.1, 0.15) is 36.5 Å². The number of nitrogens with zero attached hydrogens (tertiary/aromatic N) is 2. The van der Waals surface area contributed by atoms with Crippen LogP contribution in [0, 0.1) is 5.92 Å². The summed E-state index contributed by atoms with van der Waals surface area (Å²) >= 11 is 0. The van der Waals surface area contributed by atoms with E-state index in [9.17, 15) is 9.90 Å². The minimum Gasteiger partial charge on any atom is -0.497 e. The van der Waals surface area contributed by atoms with Crippen molar-refractivity contribution in [2.75, 3.05) is 38.3 Å². The summed E-state index contributed by atoms with van der Waals surface area (Å²) in [5.41, 5.74) is 2.88. The lowest BCUT2D eigenvalue weighted by Gasteiger charge is -2.44. The van der Waals surface area contributed by atoms with Crippen LogP contribution in [-0.4, -0.2) is 54.9 Å². The number of fused-ring (bicyclic) bond motifs is 1. The van der Waals surface area contributed by atoms with E-state index < -0.39 is 11.6 Å². The van der Waals surface area contributed by atoms with Crippen LogP contribution >= 0.6 is 12.4 Å². The van der Waals surface area contributed by atoms with Gasteiger partial charge in [-0.05, 0) is 61.1 Å². The first-order chi connectivity index (χ1) is 15.1. The highest BCUT2D eigenvalue weighted by Crippen LogP contribution is 2.39. The van der Waals surface area contributed by atoms with Gasteiger partial charge in [-0.1, -0.05) is 24.3 Å². The minimum absolute atomic E-state index is 0. The standard InChI is InChI=1S/C25H31N3O3.ClH/c1-31-21-9-10-22-18(15-21)7-8-19(23(22)29)16-27-13-11-25(12-14-27)24(30)26-17-28(25)20-5-3-2-4-6-20;/h2-6,9-10,15,19,23,29H,7-8,11-14,16-17H2,1H3,(H,26,30);1H/t19-,23+;/m1./s1. The molecule has 2 N–H and O–H groups in total. The Morgan fingerprint density at radius 3 is 2.62 bits per heavy atom. The van der Waals surface area contributed by atoms with Gasteiger partial charge in [0, 0.05) is 31.2 Å². The predicted octanol–water partition coefficient (Wildman–Crippen LogP) is 3.14. The third-order valence-corrected chi connectivity index (χ3v) is 7.48. The van der Waals surface area contributed by atoms with Crippen molar-refractivity contribution in [2.24, 2.45) is 5.92 Å². The molecule has 1 aliphatic carbocycles. The van der Waals surface area contributed by atoms with E-state index >= 15 is 0 Å². The van der Waals surface area contributed by atoms with Gasteiger partial charge in [0.15, 0.2) is 0 Å². The maximum atomic E-state index is 12.9. The first-order valence-corrected chi connectivity index (χ1v) is 11.3. The second-order valence-corrected chi connectivity index (χ2v) is 9.07. The molecule has 2 aliphatic heterocycles. The van der Waals surface area contributed by atoms with Gasteiger partial charge in [-0.3, -0.25) is 4.79 Å². The average Bonchev–Trinajstić information content (AvgIpc) is 3.13. The van der Waals surface area contributed by atoms with Crippen LogP contribution in [0.2, 0.25) is 0 Å². The Bertz CT molecular complexity index is 947. The molecule has 0 aromatic heterocycles. The third kappa shape index (κ3) is 3.96. The van der Waals surface area contributed by atoms with Crippen LogP contribution in [-0.2, 0) is 11.2 Å². The number of rotatable bonds is 4. The fourth-order valence-corrected chi connectivity index (χ4v) is 5.63. The number of carbonyl (C=O) groups excluding carboxylic acids is 1. The van der Waals surface area contributed by atoms with Gasteiger partial charge in [-0.15, -0.1) is 12.4 Å². The zero-order valence-corrected chi connectivity index (χ0v) is 19.3. The number of carbonyl (C=O) groups is 1. The Labute approximate surface area is 196 Å². The number of aryl methyl sites for hydroxylation is 1. The fourth-order valence-electron chi connectivity index (χ4n) is 5.63. The van der Waals surface area contributed by atoms with Gasteiger partial charge in [0.05, 0.1) is 19.9 Å². The highest BCUT2D eigenvalue weighted by molar-refractivity contribution is 5.93. The number of benzene rings is 2. The van der Waals surface area contributed by atoms with Crippen LogP contribution in [0.5, 0.6) is 5.75 Å². The second-order valence-electron chi connectivity index (χ2n) is 9.07. The summed E-state index contributed by atoms with van der Waals surface area (Å²) in [5.74, 6) is 1.22. The molecule has 2 atom stereocenters. The lowest BCUT2D eigenvalue weighted by molar-refractivity contribution is -0.125. The van der Waals surface area contributed by atoms with Crippen LogP contribution < -0.4 is 15.0 Å². The number of para-hydroxylation sites is 1. The first-order valence-electron chi connectivity index (χ1n) is 11.3. The number of hydrogen-bond donors (Lipinski definition) is 2. The van der Waals surface area contributed by atoms with Crippen molar-refractivity contribution in [3.05, 3.63) is 59.7 Å². The van der Waals surface area contributed by atoms with Gasteiger partial charge < -0.3 is 25.0 Å². The number of aliphatic hydroxyl groups excluding tert-OH is 1. The van der Waals surface area contributed by atoms with E-state index in [2.05, 4.69) is 33.3 Å². The largest absolute Gasteiger partial charge is 0.497 e. The molecule has 172 valence electrons. The number of piperidine rings is 1. The molecule has 3 aliphatic rings. The number of ether oxygens (including phenoxy) is 1. The summed E-state index contributed by atoms with van der Waals surface area (Å²) in [6, 6.07) is 16.2. The van der Waals surface area contributed by atoms with Gasteiger partial charge in [0.2, 0.25) is 5.91 Å². The number of amides is 1. The highest BCUT2D eigenvalue weighted by Gasteiger charge is 2.50. The van der Waals surface area contributed by atoms with Crippen LogP contribution in [0.4, 0.5) is 5.69 Å². The van der Waals surface area contributed by atoms with Crippen molar-refractivity contribution in [3.63, 3.8) is 0 Å². The molecule has 2 aromatic rings. The van der Waals surface area contributed by atoms with E-state index in [1.165, 1.54) is 5.56 Å². The molecule has 6 nitrogen and oxygen atoms in total. The van der Waals surface area contributed by atoms with Crippen LogP contribution in [0.25, 0.3) is 0 Å². The number of anilines is 1. The van der Waals surface area contributed by atoms with E-state index in [0.717, 1.165) is 62.3 Å². The summed E-state index contributed by atoms with van der Waals surface area (Å²) in [6.45, 7) is 3.19. The first kappa shape index (κ1) is 22.9. The molecule has 5 rings (SSSR count). The highest BCUT2D eigenvalue weighted by atomic mass is 35.5. The maximum absolute atomic E-state index is 12.9. The van der Waals surface area contributed by atoms with Gasteiger partial charge in [0.25, 0.3) is 0 Å². The van der Waals surface area contributed by atoms with Crippen molar-refractivity contribution in [1.82, 2.24) is 10.2 Å². The second kappa shape index (κ2) is 9.30. The molecule has 7 heteroatoms. The lowest BCUT2D eigenvalue weighted by atomic mass is 9.80. The van der Waals surface area contributed by atoms with E-state index in [-0.39, 0.29) is 24.2 Å². The predicted molar refractivity (Wildman–Crippen MR) is 127 cm³/mol. The lowest BCUT2D eigenvalue weighted by Crippen LogP contribution is -2.57. The zero-order chi connectivity index (χ0) is 21.4.